The third-order valence-corrected chi connectivity index (χ3v) is 2.11. The van der Waals surface area contributed by atoms with Crippen LogP contribution in [0.1, 0.15) is 6.92 Å². The van der Waals surface area contributed by atoms with Crippen molar-refractivity contribution < 1.29 is 9.15 Å². The van der Waals surface area contributed by atoms with Crippen LogP contribution in [0.3, 0.4) is 0 Å². The molecule has 68 valence electrons. The van der Waals surface area contributed by atoms with Crippen molar-refractivity contribution in [3.63, 3.8) is 0 Å². The number of nitrogens with zero attached hydrogens (tertiary/aromatic N) is 1. The van der Waals surface area contributed by atoms with E-state index in [2.05, 4.69) is 4.98 Å². The summed E-state index contributed by atoms with van der Waals surface area (Å²) in [7, 11) is 0. The van der Waals surface area contributed by atoms with Crippen molar-refractivity contribution in [2.24, 2.45) is 0 Å². The van der Waals surface area contributed by atoms with Gasteiger partial charge in [-0.3, -0.25) is 0 Å². The molecule has 0 aliphatic heterocycles. The molecule has 0 saturated carbocycles. The first-order valence-electron chi connectivity index (χ1n) is 3.98. The molecule has 0 spiro atoms. The van der Waals surface area contributed by atoms with Gasteiger partial charge in [0.2, 0.25) is 0 Å². The Bertz CT molecular complexity index is 424. The molecule has 3 nitrogen and oxygen atoms in total. The van der Waals surface area contributed by atoms with Gasteiger partial charge in [0, 0.05) is 28.7 Å². The van der Waals surface area contributed by atoms with E-state index in [0.29, 0.717) is 10.5 Å². The Morgan fingerprint density at radius 2 is 2.38 bits per heavy atom. The molecule has 0 unspecified atom stereocenters. The fraction of sp³-hybridized carbons (Fsp3) is 0.222. The smallest absolute Gasteiger partial charge is 0.258 e. The Morgan fingerprint density at radius 1 is 1.54 bits per heavy atom. The lowest BCUT2D eigenvalue weighted by Crippen LogP contribution is -1.90. The molecule has 0 atom stereocenters. The number of benzene rings is 1. The second kappa shape index (κ2) is 3.53. The van der Waals surface area contributed by atoms with Crippen molar-refractivity contribution in [2.75, 3.05) is 6.61 Å². The van der Waals surface area contributed by atoms with Crippen molar-refractivity contribution in [2.45, 2.75) is 6.92 Å². The van der Waals surface area contributed by atoms with Crippen molar-refractivity contribution in [1.29, 1.82) is 0 Å². The Balaban J connectivity index is 2.48. The van der Waals surface area contributed by atoms with Crippen LogP contribution in [0.4, 0.5) is 0 Å². The van der Waals surface area contributed by atoms with Crippen LogP contribution >= 0.6 is 22.6 Å². The molecule has 2 aromatic rings. The zero-order valence-electron chi connectivity index (χ0n) is 7.08. The van der Waals surface area contributed by atoms with Crippen molar-refractivity contribution in [3.8, 4) is 5.75 Å². The van der Waals surface area contributed by atoms with Crippen LogP contribution in [-0.4, -0.2) is 11.6 Å². The molecular formula is C9H8INO2. The average Bonchev–Trinajstić information content (AvgIpc) is 2.44. The Hall–Kier alpha value is -0.780. The van der Waals surface area contributed by atoms with Gasteiger partial charge < -0.3 is 9.15 Å². The summed E-state index contributed by atoms with van der Waals surface area (Å²) in [6, 6.07) is 5.63. The largest absolute Gasteiger partial charge is 0.494 e. The van der Waals surface area contributed by atoms with E-state index in [9.17, 15) is 0 Å². The summed E-state index contributed by atoms with van der Waals surface area (Å²) in [6.07, 6.45) is 0. The molecular weight excluding hydrogens is 281 g/mol. The maximum Gasteiger partial charge on any atom is 0.258 e. The van der Waals surface area contributed by atoms with Crippen LogP contribution < -0.4 is 4.74 Å². The number of hydrogen-bond donors (Lipinski definition) is 0. The summed E-state index contributed by atoms with van der Waals surface area (Å²) in [5.41, 5.74) is 1.64. The quantitative estimate of drug-likeness (QED) is 0.797. The average molecular weight is 289 g/mol. The first kappa shape index (κ1) is 8.80. The van der Waals surface area contributed by atoms with Crippen LogP contribution in [0.2, 0.25) is 0 Å². The Labute approximate surface area is 89.2 Å². The first-order valence-corrected chi connectivity index (χ1v) is 5.06. The van der Waals surface area contributed by atoms with Gasteiger partial charge in [-0.1, -0.05) is 0 Å². The van der Waals surface area contributed by atoms with Crippen LogP contribution in [0, 0.1) is 3.90 Å². The predicted octanol–water partition coefficient (Wildman–Crippen LogP) is 2.83. The summed E-state index contributed by atoms with van der Waals surface area (Å²) in [6.45, 7) is 2.62. The topological polar surface area (TPSA) is 35.3 Å². The SMILES string of the molecule is CCOc1ccc2oc(I)nc2c1. The molecule has 0 bridgehead atoms. The zero-order chi connectivity index (χ0) is 9.26. The van der Waals surface area contributed by atoms with E-state index in [1.807, 2.05) is 47.7 Å². The molecule has 13 heavy (non-hydrogen) atoms. The molecule has 0 N–H and O–H groups in total. The minimum absolute atomic E-state index is 0.654. The molecule has 0 saturated heterocycles. The molecule has 0 amide bonds. The lowest BCUT2D eigenvalue weighted by molar-refractivity contribution is 0.340. The van der Waals surface area contributed by atoms with Gasteiger partial charge in [-0.15, -0.1) is 0 Å². The van der Waals surface area contributed by atoms with Crippen LogP contribution in [0.25, 0.3) is 11.1 Å². The molecule has 0 fully saturated rings. The second-order valence-electron chi connectivity index (χ2n) is 2.53. The highest BCUT2D eigenvalue weighted by Crippen LogP contribution is 2.21. The van der Waals surface area contributed by atoms with E-state index < -0.39 is 0 Å². The maximum absolute atomic E-state index is 5.34. The predicted molar refractivity (Wildman–Crippen MR) is 57.9 cm³/mol. The van der Waals surface area contributed by atoms with Crippen molar-refractivity contribution in [1.82, 2.24) is 4.98 Å². The lowest BCUT2D eigenvalue weighted by atomic mass is 10.3. The van der Waals surface area contributed by atoms with E-state index in [4.69, 9.17) is 9.15 Å². The highest BCUT2D eigenvalue weighted by Gasteiger charge is 2.03. The number of oxazole rings is 1. The molecule has 0 aliphatic rings. The first-order chi connectivity index (χ1) is 6.29. The minimum atomic E-state index is 0.654. The van der Waals surface area contributed by atoms with Crippen LogP contribution in [0.15, 0.2) is 22.6 Å². The van der Waals surface area contributed by atoms with E-state index in [-0.39, 0.29) is 0 Å². The van der Waals surface area contributed by atoms with E-state index in [0.717, 1.165) is 16.8 Å². The number of hydrogen-bond acceptors (Lipinski definition) is 3. The Kier molecular flexibility index (Phi) is 2.39. The molecule has 4 heteroatoms. The fourth-order valence-corrected chi connectivity index (χ4v) is 1.63. The van der Waals surface area contributed by atoms with Gasteiger partial charge in [-0.05, 0) is 19.1 Å². The van der Waals surface area contributed by atoms with E-state index >= 15 is 0 Å². The Morgan fingerprint density at radius 3 is 3.15 bits per heavy atom. The van der Waals surface area contributed by atoms with E-state index in [1.54, 1.807) is 0 Å². The van der Waals surface area contributed by atoms with Gasteiger partial charge in [0.1, 0.15) is 11.3 Å². The third kappa shape index (κ3) is 1.77. The number of ether oxygens (including phenoxy) is 1. The molecule has 2 rings (SSSR count). The summed E-state index contributed by atoms with van der Waals surface area (Å²) in [4.78, 5) is 4.20. The fourth-order valence-electron chi connectivity index (χ4n) is 1.14. The number of aromatic nitrogens is 1. The molecule has 1 aromatic heterocycles. The second-order valence-corrected chi connectivity index (χ2v) is 3.45. The van der Waals surface area contributed by atoms with Crippen LogP contribution in [-0.2, 0) is 0 Å². The van der Waals surface area contributed by atoms with Gasteiger partial charge >= 0.3 is 0 Å². The normalized spacial score (nSPS) is 10.6. The summed E-state index contributed by atoms with van der Waals surface area (Å²) in [5, 5.41) is 0. The highest BCUT2D eigenvalue weighted by molar-refractivity contribution is 14.1. The lowest BCUT2D eigenvalue weighted by Gasteiger charge is -2.00. The maximum atomic E-state index is 5.34. The number of rotatable bonds is 2. The van der Waals surface area contributed by atoms with Crippen molar-refractivity contribution >= 4 is 33.7 Å². The molecule has 0 aliphatic carbocycles. The molecule has 1 heterocycles. The van der Waals surface area contributed by atoms with Crippen molar-refractivity contribution in [3.05, 3.63) is 22.1 Å². The third-order valence-electron chi connectivity index (χ3n) is 1.64. The van der Waals surface area contributed by atoms with Crippen LogP contribution in [0.5, 0.6) is 5.75 Å². The minimum Gasteiger partial charge on any atom is -0.494 e. The standard InChI is InChI=1S/C9H8INO2/c1-2-12-6-3-4-8-7(5-6)11-9(10)13-8/h3-5H,2H2,1H3. The van der Waals surface area contributed by atoms with E-state index in [1.165, 1.54) is 0 Å². The van der Waals surface area contributed by atoms with Gasteiger partial charge in [0.15, 0.2) is 5.58 Å². The molecule has 0 radical (unpaired) electrons. The summed E-state index contributed by atoms with van der Waals surface area (Å²) >= 11 is 2.05. The van der Waals surface area contributed by atoms with Gasteiger partial charge in [-0.2, -0.15) is 0 Å². The monoisotopic (exact) mass is 289 g/mol. The summed E-state index contributed by atoms with van der Waals surface area (Å²) in [5.74, 6) is 0.833. The zero-order valence-corrected chi connectivity index (χ0v) is 9.24. The molecule has 1 aromatic carbocycles. The number of fused-ring (bicyclic) bond motifs is 1. The van der Waals surface area contributed by atoms with Gasteiger partial charge in [-0.25, -0.2) is 4.98 Å². The summed E-state index contributed by atoms with van der Waals surface area (Å²) < 4.78 is 11.3. The number of halogens is 1. The van der Waals surface area contributed by atoms with Gasteiger partial charge in [0.05, 0.1) is 6.61 Å². The highest BCUT2D eigenvalue weighted by atomic mass is 127. The van der Waals surface area contributed by atoms with Gasteiger partial charge in [0.25, 0.3) is 3.90 Å².